The van der Waals surface area contributed by atoms with Crippen LogP contribution in [0.4, 0.5) is 5.95 Å². The maximum Gasteiger partial charge on any atom is 0.225 e. The van der Waals surface area contributed by atoms with E-state index in [0.29, 0.717) is 6.04 Å². The van der Waals surface area contributed by atoms with Gasteiger partial charge in [0.25, 0.3) is 0 Å². The molecule has 0 spiro atoms. The van der Waals surface area contributed by atoms with Crippen LogP contribution in [0.25, 0.3) is 0 Å². The molecule has 1 aromatic rings. The third kappa shape index (κ3) is 2.54. The van der Waals surface area contributed by atoms with Crippen molar-refractivity contribution >= 4 is 18.2 Å². The van der Waals surface area contributed by atoms with E-state index in [-0.39, 0.29) is 0 Å². The van der Waals surface area contributed by atoms with Crippen molar-refractivity contribution in [2.24, 2.45) is 5.92 Å². The lowest BCUT2D eigenvalue weighted by molar-refractivity contribution is 0.388. The molecule has 0 bridgehead atoms. The summed E-state index contributed by atoms with van der Waals surface area (Å²) in [6.45, 7) is 8.78. The third-order valence-corrected chi connectivity index (χ3v) is 3.96. The molecule has 0 saturated carbocycles. The normalized spacial score (nSPS) is 18.0. The summed E-state index contributed by atoms with van der Waals surface area (Å²) in [5.41, 5.74) is 0. The number of piperidine rings is 1. The molecule has 17 heavy (non-hydrogen) atoms. The number of H-pyrrole nitrogens is 1. The Hall–Kier alpha value is -0.840. The summed E-state index contributed by atoms with van der Waals surface area (Å²) in [5, 5.41) is 7.30. The zero-order chi connectivity index (χ0) is 12.4. The van der Waals surface area contributed by atoms with Crippen LogP contribution < -0.4 is 4.90 Å². The molecular weight excluding hydrogens is 232 g/mol. The first-order chi connectivity index (χ1) is 8.13. The predicted octanol–water partition coefficient (Wildman–Crippen LogP) is 3.15. The van der Waals surface area contributed by atoms with Crippen LogP contribution in [0.15, 0.2) is 0 Å². The SMILES string of the molecule is CCC1CCN(c2n[nH]c(=S)n2C(C)C)CC1. The van der Waals surface area contributed by atoms with Gasteiger partial charge in [-0.2, -0.15) is 0 Å². The molecule has 0 amide bonds. The van der Waals surface area contributed by atoms with Gasteiger partial charge in [-0.3, -0.25) is 4.57 Å². The Morgan fingerprint density at radius 3 is 2.59 bits per heavy atom. The van der Waals surface area contributed by atoms with Crippen LogP contribution in [0, 0.1) is 10.7 Å². The van der Waals surface area contributed by atoms with Gasteiger partial charge in [-0.15, -0.1) is 5.10 Å². The summed E-state index contributed by atoms with van der Waals surface area (Å²) < 4.78 is 2.84. The van der Waals surface area contributed by atoms with Gasteiger partial charge in [0.2, 0.25) is 5.95 Å². The number of nitrogens with one attached hydrogen (secondary N) is 1. The van der Waals surface area contributed by atoms with Crippen LogP contribution >= 0.6 is 12.2 Å². The van der Waals surface area contributed by atoms with E-state index < -0.39 is 0 Å². The van der Waals surface area contributed by atoms with Gasteiger partial charge in [-0.25, -0.2) is 5.10 Å². The van der Waals surface area contributed by atoms with Gasteiger partial charge in [0, 0.05) is 19.1 Å². The molecule has 96 valence electrons. The van der Waals surface area contributed by atoms with E-state index in [1.807, 2.05) is 0 Å². The third-order valence-electron chi connectivity index (χ3n) is 3.68. The second kappa shape index (κ2) is 5.21. The standard InChI is InChI=1S/C12H22N4S/c1-4-10-5-7-15(8-6-10)11-13-14-12(17)16(11)9(2)3/h9-10H,4-8H2,1-3H3,(H,14,17). The van der Waals surface area contributed by atoms with Gasteiger partial charge in [0.1, 0.15) is 0 Å². The zero-order valence-electron chi connectivity index (χ0n) is 10.9. The van der Waals surface area contributed by atoms with Crippen molar-refractivity contribution in [2.75, 3.05) is 18.0 Å². The molecule has 0 aliphatic carbocycles. The van der Waals surface area contributed by atoms with Gasteiger partial charge in [0.15, 0.2) is 4.77 Å². The molecule has 1 aromatic heterocycles. The van der Waals surface area contributed by atoms with Gasteiger partial charge in [-0.1, -0.05) is 13.3 Å². The van der Waals surface area contributed by atoms with Crippen molar-refractivity contribution < 1.29 is 0 Å². The Kier molecular flexibility index (Phi) is 3.86. The molecule has 1 fully saturated rings. The fraction of sp³-hybridized carbons (Fsp3) is 0.833. The molecule has 4 nitrogen and oxygen atoms in total. The first kappa shape index (κ1) is 12.6. The molecule has 1 aliphatic heterocycles. The minimum absolute atomic E-state index is 0.361. The number of hydrogen-bond donors (Lipinski definition) is 1. The Bertz CT molecular complexity index is 412. The van der Waals surface area contributed by atoms with Crippen molar-refractivity contribution in [3.63, 3.8) is 0 Å². The Balaban J connectivity index is 2.16. The van der Waals surface area contributed by atoms with Crippen LogP contribution in [-0.2, 0) is 0 Å². The molecular formula is C12H22N4S. The van der Waals surface area contributed by atoms with E-state index in [1.54, 1.807) is 0 Å². The van der Waals surface area contributed by atoms with Crippen LogP contribution in [0.1, 0.15) is 46.1 Å². The van der Waals surface area contributed by atoms with E-state index in [0.717, 1.165) is 29.7 Å². The number of nitrogens with zero attached hydrogens (tertiary/aromatic N) is 3. The summed E-state index contributed by atoms with van der Waals surface area (Å²) in [6, 6.07) is 0.361. The second-order valence-corrected chi connectivity index (χ2v) is 5.52. The molecule has 0 atom stereocenters. The highest BCUT2D eigenvalue weighted by molar-refractivity contribution is 7.71. The van der Waals surface area contributed by atoms with Crippen LogP contribution in [0.3, 0.4) is 0 Å². The maximum atomic E-state index is 5.28. The molecule has 2 heterocycles. The van der Waals surface area contributed by atoms with Crippen molar-refractivity contribution in [2.45, 2.75) is 46.1 Å². The molecule has 0 unspecified atom stereocenters. The summed E-state index contributed by atoms with van der Waals surface area (Å²) in [4.78, 5) is 2.36. The van der Waals surface area contributed by atoms with Gasteiger partial charge in [0.05, 0.1) is 0 Å². The highest BCUT2D eigenvalue weighted by atomic mass is 32.1. The topological polar surface area (TPSA) is 36.9 Å². The summed E-state index contributed by atoms with van der Waals surface area (Å²) >= 11 is 5.28. The second-order valence-electron chi connectivity index (χ2n) is 5.13. The Labute approximate surface area is 108 Å². The van der Waals surface area contributed by atoms with Gasteiger partial charge < -0.3 is 4.90 Å². The van der Waals surface area contributed by atoms with Crippen molar-refractivity contribution in [3.05, 3.63) is 4.77 Å². The van der Waals surface area contributed by atoms with Crippen LogP contribution in [0.5, 0.6) is 0 Å². The fourth-order valence-corrected chi connectivity index (χ4v) is 2.86. The van der Waals surface area contributed by atoms with Crippen molar-refractivity contribution in [1.82, 2.24) is 14.8 Å². The minimum atomic E-state index is 0.361. The molecule has 1 N–H and O–H groups in total. The highest BCUT2D eigenvalue weighted by Gasteiger charge is 2.22. The number of aromatic amines is 1. The molecule has 1 aliphatic rings. The Morgan fingerprint density at radius 2 is 2.06 bits per heavy atom. The molecule has 0 aromatic carbocycles. The Morgan fingerprint density at radius 1 is 1.41 bits per heavy atom. The number of hydrogen-bond acceptors (Lipinski definition) is 3. The van der Waals surface area contributed by atoms with E-state index in [1.165, 1.54) is 19.3 Å². The van der Waals surface area contributed by atoms with E-state index >= 15 is 0 Å². The molecule has 2 rings (SSSR count). The largest absolute Gasteiger partial charge is 0.341 e. The van der Waals surface area contributed by atoms with E-state index in [9.17, 15) is 0 Å². The van der Waals surface area contributed by atoms with Gasteiger partial charge >= 0.3 is 0 Å². The lowest BCUT2D eigenvalue weighted by atomic mass is 9.95. The maximum absolute atomic E-state index is 5.28. The van der Waals surface area contributed by atoms with Crippen LogP contribution in [0.2, 0.25) is 0 Å². The smallest absolute Gasteiger partial charge is 0.225 e. The number of aromatic nitrogens is 3. The average molecular weight is 254 g/mol. The summed E-state index contributed by atoms with van der Waals surface area (Å²) in [5.74, 6) is 1.90. The number of anilines is 1. The molecule has 5 heteroatoms. The highest BCUT2D eigenvalue weighted by Crippen LogP contribution is 2.25. The quantitative estimate of drug-likeness (QED) is 0.842. The van der Waals surface area contributed by atoms with E-state index in [2.05, 4.69) is 40.4 Å². The van der Waals surface area contributed by atoms with Crippen molar-refractivity contribution in [1.29, 1.82) is 0 Å². The molecule has 1 saturated heterocycles. The van der Waals surface area contributed by atoms with Gasteiger partial charge in [-0.05, 0) is 44.8 Å². The zero-order valence-corrected chi connectivity index (χ0v) is 11.8. The number of rotatable bonds is 3. The minimum Gasteiger partial charge on any atom is -0.341 e. The first-order valence-electron chi connectivity index (χ1n) is 6.55. The lowest BCUT2D eigenvalue weighted by Crippen LogP contribution is -2.35. The van der Waals surface area contributed by atoms with Crippen molar-refractivity contribution in [3.8, 4) is 0 Å². The first-order valence-corrected chi connectivity index (χ1v) is 6.96. The van der Waals surface area contributed by atoms with E-state index in [4.69, 9.17) is 12.2 Å². The lowest BCUT2D eigenvalue weighted by Gasteiger charge is -2.32. The molecule has 0 radical (unpaired) electrons. The summed E-state index contributed by atoms with van der Waals surface area (Å²) in [6.07, 6.45) is 3.84. The predicted molar refractivity (Wildman–Crippen MR) is 73.0 cm³/mol. The monoisotopic (exact) mass is 254 g/mol. The fourth-order valence-electron chi connectivity index (χ4n) is 2.53. The summed E-state index contributed by atoms with van der Waals surface area (Å²) in [7, 11) is 0. The van der Waals surface area contributed by atoms with Crippen LogP contribution in [-0.4, -0.2) is 27.9 Å². The average Bonchev–Trinajstić information content (AvgIpc) is 2.71.